The van der Waals surface area contributed by atoms with Gasteiger partial charge in [-0.25, -0.2) is 4.79 Å². The Morgan fingerprint density at radius 2 is 1.84 bits per heavy atom. The van der Waals surface area contributed by atoms with Crippen LogP contribution in [0.25, 0.3) is 11.2 Å². The summed E-state index contributed by atoms with van der Waals surface area (Å²) in [5.74, 6) is 1.16. The summed E-state index contributed by atoms with van der Waals surface area (Å²) in [6.45, 7) is 2.03. The van der Waals surface area contributed by atoms with Gasteiger partial charge in [-0.15, -0.1) is 0 Å². The molecule has 0 bridgehead atoms. The summed E-state index contributed by atoms with van der Waals surface area (Å²) in [5, 5.41) is 10.7. The van der Waals surface area contributed by atoms with Crippen molar-refractivity contribution < 1.29 is 14.6 Å². The lowest BCUT2D eigenvalue weighted by Crippen LogP contribution is -2.30. The Morgan fingerprint density at radius 3 is 2.59 bits per heavy atom. The van der Waals surface area contributed by atoms with Crippen LogP contribution in [-0.4, -0.2) is 36.9 Å². The summed E-state index contributed by atoms with van der Waals surface area (Å²) in [6.07, 6.45) is -0.0879. The number of H-pyrrole nitrogens is 1. The fourth-order valence-electron chi connectivity index (χ4n) is 3.37. The van der Waals surface area contributed by atoms with Gasteiger partial charge in [0.2, 0.25) is 0 Å². The number of aliphatic hydroxyl groups is 1. The van der Waals surface area contributed by atoms with Gasteiger partial charge in [-0.1, -0.05) is 37.3 Å². The fraction of sp³-hybridized carbons (Fsp3) is 0.261. The molecular formula is C23H24N4O5. The van der Waals surface area contributed by atoms with Crippen molar-refractivity contribution in [3.63, 3.8) is 0 Å². The summed E-state index contributed by atoms with van der Waals surface area (Å²) in [4.78, 5) is 31.2. The predicted molar refractivity (Wildman–Crippen MR) is 119 cm³/mol. The number of imidazole rings is 1. The molecular weight excluding hydrogens is 412 g/mol. The van der Waals surface area contributed by atoms with Crippen molar-refractivity contribution in [1.82, 2.24) is 19.1 Å². The minimum absolute atomic E-state index is 0.00128. The van der Waals surface area contributed by atoms with Gasteiger partial charge in [0.05, 0.1) is 6.54 Å². The monoisotopic (exact) mass is 436 g/mol. The highest BCUT2D eigenvalue weighted by Gasteiger charge is 2.21. The van der Waals surface area contributed by atoms with Gasteiger partial charge < -0.3 is 14.6 Å². The number of para-hydroxylation sites is 1. The van der Waals surface area contributed by atoms with Crippen LogP contribution < -0.4 is 20.7 Å². The third-order valence-corrected chi connectivity index (χ3v) is 5.07. The first-order valence-electron chi connectivity index (χ1n) is 10.3. The molecule has 166 valence electrons. The standard InChI is InChI=1S/C23H24N4O5/c1-3-15-8-7-11-18(12-15)31-14-16(28)13-27-19-20(26(2)22(30)25-21(19)29)24-23(27)32-17-9-5-4-6-10-17/h4-12,16,28H,3,13-14H2,1-2H3,(H,25,29,30)/t16-/m0/s1. The Hall–Kier alpha value is -3.85. The molecule has 0 unspecified atom stereocenters. The number of nitrogens with one attached hydrogen (secondary N) is 1. The van der Waals surface area contributed by atoms with E-state index in [0.29, 0.717) is 11.5 Å². The second-order valence-corrected chi connectivity index (χ2v) is 7.38. The number of nitrogens with zero attached hydrogens (tertiary/aromatic N) is 3. The van der Waals surface area contributed by atoms with E-state index >= 15 is 0 Å². The second-order valence-electron chi connectivity index (χ2n) is 7.38. The molecule has 0 fully saturated rings. The fourth-order valence-corrected chi connectivity index (χ4v) is 3.37. The first-order chi connectivity index (χ1) is 15.5. The van der Waals surface area contributed by atoms with E-state index in [1.807, 2.05) is 30.3 Å². The SMILES string of the molecule is CCc1cccc(OC[C@@H](O)Cn2c(Oc3ccccc3)nc3c2c(=O)[nH]c(=O)n3C)c1. The number of hydrogen-bond donors (Lipinski definition) is 2. The Labute approximate surface area is 183 Å². The van der Waals surface area contributed by atoms with Gasteiger partial charge in [0.1, 0.15) is 24.2 Å². The Bertz CT molecular complexity index is 1340. The summed E-state index contributed by atoms with van der Waals surface area (Å²) in [7, 11) is 1.50. The Balaban J connectivity index is 1.65. The lowest BCUT2D eigenvalue weighted by atomic mass is 10.2. The Morgan fingerprint density at radius 1 is 1.09 bits per heavy atom. The predicted octanol–water partition coefficient (Wildman–Crippen LogP) is 2.22. The van der Waals surface area contributed by atoms with E-state index in [4.69, 9.17) is 9.47 Å². The topological polar surface area (TPSA) is 111 Å². The van der Waals surface area contributed by atoms with Crippen LogP contribution in [0.4, 0.5) is 0 Å². The zero-order valence-electron chi connectivity index (χ0n) is 17.8. The molecule has 2 aromatic carbocycles. The summed E-state index contributed by atoms with van der Waals surface area (Å²) in [5.41, 5.74) is 0.225. The maximum atomic E-state index is 12.6. The minimum atomic E-state index is -0.965. The molecule has 0 aliphatic rings. The number of fused-ring (bicyclic) bond motifs is 1. The molecule has 2 N–H and O–H groups in total. The average molecular weight is 436 g/mol. The van der Waals surface area contributed by atoms with E-state index in [0.717, 1.165) is 12.0 Å². The van der Waals surface area contributed by atoms with E-state index in [9.17, 15) is 14.7 Å². The smallest absolute Gasteiger partial charge is 0.329 e. The van der Waals surface area contributed by atoms with Crippen molar-refractivity contribution in [1.29, 1.82) is 0 Å². The van der Waals surface area contributed by atoms with Crippen LogP contribution in [0.5, 0.6) is 17.5 Å². The van der Waals surface area contributed by atoms with Crippen LogP contribution >= 0.6 is 0 Å². The van der Waals surface area contributed by atoms with Crippen molar-refractivity contribution in [2.24, 2.45) is 7.05 Å². The van der Waals surface area contributed by atoms with E-state index in [1.54, 1.807) is 24.3 Å². The van der Waals surface area contributed by atoms with Gasteiger partial charge in [-0.2, -0.15) is 4.98 Å². The van der Waals surface area contributed by atoms with E-state index < -0.39 is 17.4 Å². The molecule has 0 radical (unpaired) electrons. The van der Waals surface area contributed by atoms with Crippen molar-refractivity contribution >= 4 is 11.2 Å². The van der Waals surface area contributed by atoms with Gasteiger partial charge in [-0.05, 0) is 36.2 Å². The van der Waals surface area contributed by atoms with Crippen molar-refractivity contribution in [3.05, 3.63) is 81.0 Å². The van der Waals surface area contributed by atoms with E-state index in [1.165, 1.54) is 16.2 Å². The summed E-state index contributed by atoms with van der Waals surface area (Å²) >= 11 is 0. The molecule has 0 aliphatic carbocycles. The van der Waals surface area contributed by atoms with Crippen LogP contribution in [0.1, 0.15) is 12.5 Å². The van der Waals surface area contributed by atoms with Crippen LogP contribution in [-0.2, 0) is 20.0 Å². The minimum Gasteiger partial charge on any atom is -0.491 e. The van der Waals surface area contributed by atoms with Gasteiger partial charge in [0, 0.05) is 7.05 Å². The van der Waals surface area contributed by atoms with Gasteiger partial charge >= 0.3 is 11.7 Å². The number of aromatic amines is 1. The highest BCUT2D eigenvalue weighted by atomic mass is 16.5. The molecule has 0 amide bonds. The van der Waals surface area contributed by atoms with E-state index in [-0.39, 0.29) is 30.3 Å². The van der Waals surface area contributed by atoms with Gasteiger partial charge in [0.25, 0.3) is 5.56 Å². The molecule has 2 aromatic heterocycles. The van der Waals surface area contributed by atoms with Crippen LogP contribution in [0.15, 0.2) is 64.2 Å². The molecule has 0 saturated carbocycles. The van der Waals surface area contributed by atoms with Crippen LogP contribution in [0.3, 0.4) is 0 Å². The van der Waals surface area contributed by atoms with Gasteiger partial charge in [-0.3, -0.25) is 18.9 Å². The Kier molecular flexibility index (Phi) is 6.09. The van der Waals surface area contributed by atoms with Crippen molar-refractivity contribution in [2.75, 3.05) is 6.61 Å². The average Bonchev–Trinajstić information content (AvgIpc) is 3.15. The highest BCUT2D eigenvalue weighted by Crippen LogP contribution is 2.24. The third kappa shape index (κ3) is 4.42. The zero-order valence-corrected chi connectivity index (χ0v) is 17.8. The molecule has 1 atom stereocenters. The molecule has 9 heteroatoms. The largest absolute Gasteiger partial charge is 0.491 e. The normalized spacial score (nSPS) is 12.1. The summed E-state index contributed by atoms with van der Waals surface area (Å²) < 4.78 is 14.3. The number of aromatic nitrogens is 4. The van der Waals surface area contributed by atoms with Gasteiger partial charge in [0.15, 0.2) is 11.2 Å². The maximum absolute atomic E-state index is 12.6. The van der Waals surface area contributed by atoms with E-state index in [2.05, 4.69) is 16.9 Å². The lowest BCUT2D eigenvalue weighted by Gasteiger charge is -2.15. The quantitative estimate of drug-likeness (QED) is 0.438. The zero-order chi connectivity index (χ0) is 22.7. The molecule has 0 spiro atoms. The number of rotatable bonds is 8. The number of benzene rings is 2. The molecule has 0 aliphatic heterocycles. The second kappa shape index (κ2) is 9.11. The summed E-state index contributed by atoms with van der Waals surface area (Å²) in [6, 6.07) is 16.7. The van der Waals surface area contributed by atoms with Crippen molar-refractivity contribution in [2.45, 2.75) is 26.0 Å². The molecule has 4 aromatic rings. The number of hydrogen-bond acceptors (Lipinski definition) is 6. The maximum Gasteiger partial charge on any atom is 0.329 e. The molecule has 32 heavy (non-hydrogen) atoms. The molecule has 0 saturated heterocycles. The van der Waals surface area contributed by atoms with Crippen LogP contribution in [0.2, 0.25) is 0 Å². The first kappa shape index (κ1) is 21.4. The number of aliphatic hydroxyl groups excluding tert-OH is 1. The van der Waals surface area contributed by atoms with Crippen molar-refractivity contribution in [3.8, 4) is 17.5 Å². The molecule has 2 heterocycles. The lowest BCUT2D eigenvalue weighted by molar-refractivity contribution is 0.0915. The highest BCUT2D eigenvalue weighted by molar-refractivity contribution is 5.71. The molecule has 9 nitrogen and oxygen atoms in total. The third-order valence-electron chi connectivity index (χ3n) is 5.07. The first-order valence-corrected chi connectivity index (χ1v) is 10.3. The number of aryl methyl sites for hydroxylation is 2. The van der Waals surface area contributed by atoms with Crippen LogP contribution in [0, 0.1) is 0 Å². The number of ether oxygens (including phenoxy) is 2. The molecule has 4 rings (SSSR count).